The third-order valence-corrected chi connectivity index (χ3v) is 3.98. The molecule has 3 unspecified atom stereocenters. The second-order valence-electron chi connectivity index (χ2n) is 5.45. The van der Waals surface area contributed by atoms with Crippen molar-refractivity contribution in [3.05, 3.63) is 0 Å². The maximum Gasteiger partial charge on any atom is 0.233 e. The van der Waals surface area contributed by atoms with Crippen LogP contribution in [-0.4, -0.2) is 36.9 Å². The van der Waals surface area contributed by atoms with Crippen LogP contribution in [0, 0.1) is 17.8 Å². The van der Waals surface area contributed by atoms with E-state index < -0.39 is 0 Å². The smallest absolute Gasteiger partial charge is 0.233 e. The van der Waals surface area contributed by atoms with Gasteiger partial charge in [-0.2, -0.15) is 0 Å². The molecule has 4 nitrogen and oxygen atoms in total. The van der Waals surface area contributed by atoms with Gasteiger partial charge in [0.15, 0.2) is 0 Å². The Morgan fingerprint density at radius 3 is 2.24 bits per heavy atom. The van der Waals surface area contributed by atoms with E-state index in [9.17, 15) is 9.59 Å². The van der Waals surface area contributed by atoms with Crippen LogP contribution in [0.2, 0.25) is 0 Å². The lowest BCUT2D eigenvalue weighted by Gasteiger charge is -2.19. The Bertz CT molecular complexity index is 293. The number of nitrogens with one attached hydrogen (secondary N) is 1. The van der Waals surface area contributed by atoms with Gasteiger partial charge in [-0.1, -0.05) is 19.8 Å². The van der Waals surface area contributed by atoms with E-state index in [-0.39, 0.29) is 23.7 Å². The summed E-state index contributed by atoms with van der Waals surface area (Å²) in [6.07, 6.45) is 4.01. The van der Waals surface area contributed by atoms with Crippen molar-refractivity contribution < 1.29 is 9.59 Å². The predicted molar refractivity (Wildman–Crippen MR) is 65.3 cm³/mol. The molecule has 1 heterocycles. The van der Waals surface area contributed by atoms with Crippen LogP contribution in [0.3, 0.4) is 0 Å². The van der Waals surface area contributed by atoms with Gasteiger partial charge in [0.2, 0.25) is 11.8 Å². The zero-order valence-corrected chi connectivity index (χ0v) is 10.7. The van der Waals surface area contributed by atoms with E-state index >= 15 is 0 Å². The van der Waals surface area contributed by atoms with Crippen molar-refractivity contribution in [1.29, 1.82) is 0 Å². The van der Waals surface area contributed by atoms with Crippen molar-refractivity contribution in [3.8, 4) is 0 Å². The van der Waals surface area contributed by atoms with Gasteiger partial charge in [-0.15, -0.1) is 0 Å². The van der Waals surface area contributed by atoms with Crippen molar-refractivity contribution in [3.63, 3.8) is 0 Å². The molecule has 0 aromatic rings. The van der Waals surface area contributed by atoms with E-state index in [2.05, 4.69) is 12.2 Å². The molecule has 1 saturated heterocycles. The van der Waals surface area contributed by atoms with E-state index in [1.165, 1.54) is 4.90 Å². The van der Waals surface area contributed by atoms with Gasteiger partial charge in [-0.05, 0) is 32.4 Å². The second kappa shape index (κ2) is 5.17. The summed E-state index contributed by atoms with van der Waals surface area (Å²) in [5.41, 5.74) is 0. The highest BCUT2D eigenvalue weighted by molar-refractivity contribution is 6.05. The molecular formula is C13H22N2O2. The van der Waals surface area contributed by atoms with Gasteiger partial charge < -0.3 is 5.32 Å². The van der Waals surface area contributed by atoms with Crippen molar-refractivity contribution in [2.24, 2.45) is 17.8 Å². The fourth-order valence-electron chi connectivity index (χ4n) is 3.14. The van der Waals surface area contributed by atoms with E-state index in [1.807, 2.05) is 7.05 Å². The molecule has 96 valence electrons. The molecule has 0 bridgehead atoms. The number of likely N-dealkylation sites (tertiary alicyclic amines) is 1. The molecular weight excluding hydrogens is 216 g/mol. The molecule has 0 spiro atoms. The van der Waals surface area contributed by atoms with Crippen molar-refractivity contribution >= 4 is 11.8 Å². The predicted octanol–water partition coefficient (Wildman–Crippen LogP) is 1.02. The summed E-state index contributed by atoms with van der Waals surface area (Å²) < 4.78 is 0. The van der Waals surface area contributed by atoms with Gasteiger partial charge in [0.1, 0.15) is 0 Å². The maximum absolute atomic E-state index is 12.2. The third-order valence-electron chi connectivity index (χ3n) is 3.98. The molecule has 17 heavy (non-hydrogen) atoms. The largest absolute Gasteiger partial charge is 0.319 e. The SMILES string of the molecule is CNCC(C)CN1C(=O)C2CCCCC2C1=O. The lowest BCUT2D eigenvalue weighted by molar-refractivity contribution is -0.140. The second-order valence-corrected chi connectivity index (χ2v) is 5.45. The van der Waals surface area contributed by atoms with Crippen LogP contribution in [0.15, 0.2) is 0 Å². The van der Waals surface area contributed by atoms with Gasteiger partial charge >= 0.3 is 0 Å². The summed E-state index contributed by atoms with van der Waals surface area (Å²) in [5.74, 6) is 0.495. The Kier molecular flexibility index (Phi) is 3.82. The molecule has 2 fully saturated rings. The number of imide groups is 1. The minimum absolute atomic E-state index is 0.00182. The number of hydrogen-bond acceptors (Lipinski definition) is 3. The lowest BCUT2D eigenvalue weighted by atomic mass is 9.81. The van der Waals surface area contributed by atoms with Crippen LogP contribution in [0.1, 0.15) is 32.6 Å². The minimum Gasteiger partial charge on any atom is -0.319 e. The number of carbonyl (C=O) groups is 2. The Labute approximate surface area is 103 Å². The van der Waals surface area contributed by atoms with Gasteiger partial charge in [0.05, 0.1) is 11.8 Å². The molecule has 2 rings (SSSR count). The van der Waals surface area contributed by atoms with Gasteiger partial charge in [-0.25, -0.2) is 0 Å². The van der Waals surface area contributed by atoms with Crippen molar-refractivity contribution in [1.82, 2.24) is 10.2 Å². The van der Waals surface area contributed by atoms with Gasteiger partial charge in [0.25, 0.3) is 0 Å². The minimum atomic E-state index is -0.00182. The summed E-state index contributed by atoms with van der Waals surface area (Å²) in [4.78, 5) is 25.9. The van der Waals surface area contributed by atoms with Crippen LogP contribution in [-0.2, 0) is 9.59 Å². The van der Waals surface area contributed by atoms with Crippen molar-refractivity contribution in [2.45, 2.75) is 32.6 Å². The molecule has 2 amide bonds. The molecule has 1 saturated carbocycles. The quantitative estimate of drug-likeness (QED) is 0.744. The number of rotatable bonds is 4. The first-order valence-corrected chi connectivity index (χ1v) is 6.65. The summed E-state index contributed by atoms with van der Waals surface area (Å²) in [7, 11) is 1.89. The lowest BCUT2D eigenvalue weighted by Crippen LogP contribution is -2.37. The molecule has 2 aliphatic rings. The van der Waals surface area contributed by atoms with Crippen molar-refractivity contribution in [2.75, 3.05) is 20.1 Å². The highest BCUT2D eigenvalue weighted by Gasteiger charge is 2.47. The van der Waals surface area contributed by atoms with Gasteiger partial charge in [-0.3, -0.25) is 14.5 Å². The van der Waals surface area contributed by atoms with Crippen LogP contribution in [0.4, 0.5) is 0 Å². The molecule has 1 aliphatic heterocycles. The molecule has 0 aromatic heterocycles. The maximum atomic E-state index is 12.2. The van der Waals surface area contributed by atoms with Gasteiger partial charge in [0, 0.05) is 6.54 Å². The fraction of sp³-hybridized carbons (Fsp3) is 0.846. The average molecular weight is 238 g/mol. The Morgan fingerprint density at radius 1 is 1.24 bits per heavy atom. The summed E-state index contributed by atoms with van der Waals surface area (Å²) in [6.45, 7) is 3.48. The average Bonchev–Trinajstić information content (AvgIpc) is 2.56. The molecule has 1 aliphatic carbocycles. The van der Waals surface area contributed by atoms with E-state index in [0.717, 1.165) is 32.2 Å². The highest BCUT2D eigenvalue weighted by Crippen LogP contribution is 2.38. The summed E-state index contributed by atoms with van der Waals surface area (Å²) in [5, 5.41) is 3.08. The number of nitrogens with zero attached hydrogens (tertiary/aromatic N) is 1. The van der Waals surface area contributed by atoms with Crippen LogP contribution >= 0.6 is 0 Å². The molecule has 0 radical (unpaired) electrons. The zero-order valence-electron chi connectivity index (χ0n) is 10.7. The van der Waals surface area contributed by atoms with E-state index in [1.54, 1.807) is 0 Å². The first-order valence-electron chi connectivity index (χ1n) is 6.65. The summed E-state index contributed by atoms with van der Waals surface area (Å²) in [6, 6.07) is 0. The topological polar surface area (TPSA) is 49.4 Å². The standard InChI is InChI=1S/C13H22N2O2/c1-9(7-14-2)8-15-12(16)10-5-3-4-6-11(10)13(15)17/h9-11,14H,3-8H2,1-2H3. The number of hydrogen-bond donors (Lipinski definition) is 1. The first kappa shape index (κ1) is 12.6. The number of fused-ring (bicyclic) bond motifs is 1. The molecule has 0 aromatic carbocycles. The van der Waals surface area contributed by atoms with E-state index in [0.29, 0.717) is 12.5 Å². The molecule has 1 N–H and O–H groups in total. The van der Waals surface area contributed by atoms with Crippen LogP contribution in [0.5, 0.6) is 0 Å². The Balaban J connectivity index is 2.03. The van der Waals surface area contributed by atoms with E-state index in [4.69, 9.17) is 0 Å². The Hall–Kier alpha value is -0.900. The van der Waals surface area contributed by atoms with Crippen LogP contribution in [0.25, 0.3) is 0 Å². The molecule has 4 heteroatoms. The highest BCUT2D eigenvalue weighted by atomic mass is 16.2. The summed E-state index contributed by atoms with van der Waals surface area (Å²) >= 11 is 0. The Morgan fingerprint density at radius 2 is 1.76 bits per heavy atom. The molecule has 3 atom stereocenters. The normalized spacial score (nSPS) is 30.6. The first-order chi connectivity index (χ1) is 8.15. The zero-order chi connectivity index (χ0) is 12.4. The number of carbonyl (C=O) groups excluding carboxylic acids is 2. The van der Waals surface area contributed by atoms with Crippen LogP contribution < -0.4 is 5.32 Å². The fourth-order valence-corrected chi connectivity index (χ4v) is 3.14. The third kappa shape index (κ3) is 2.37. The number of amides is 2. The monoisotopic (exact) mass is 238 g/mol.